The molecule has 1 heterocycles. The summed E-state index contributed by atoms with van der Waals surface area (Å²) in [5.74, 6) is -0.769. The number of ether oxygens (including phenoxy) is 2. The highest BCUT2D eigenvalue weighted by Gasteiger charge is 2.35. The molecule has 0 bridgehead atoms. The fourth-order valence-electron chi connectivity index (χ4n) is 6.08. The Balaban J connectivity index is 1.26. The Hall–Kier alpha value is -5.97. The van der Waals surface area contributed by atoms with Gasteiger partial charge in [-0.2, -0.15) is 4.99 Å². The molecule has 6 rings (SSSR count). The van der Waals surface area contributed by atoms with Crippen molar-refractivity contribution in [3.63, 3.8) is 0 Å². The molecule has 1 aliphatic rings. The molecule has 56 heavy (non-hydrogen) atoms. The Morgan fingerprint density at radius 2 is 1.55 bits per heavy atom. The van der Waals surface area contributed by atoms with Crippen LogP contribution in [0.4, 0.5) is 0 Å². The van der Waals surface area contributed by atoms with Crippen molar-refractivity contribution >= 4 is 67.4 Å². The predicted molar refractivity (Wildman–Crippen MR) is 229 cm³/mol. The van der Waals surface area contributed by atoms with Gasteiger partial charge in [-0.15, -0.1) is 0 Å². The van der Waals surface area contributed by atoms with Gasteiger partial charge in [-0.1, -0.05) is 150 Å². The molecule has 0 atom stereocenters. The Bertz CT molecular complexity index is 2330. The normalized spacial score (nSPS) is 14.1. The molecule has 0 aromatic heterocycles. The highest BCUT2D eigenvalue weighted by atomic mass is 79.9. The van der Waals surface area contributed by atoms with E-state index in [1.54, 1.807) is 43.4 Å². The van der Waals surface area contributed by atoms with E-state index in [0.717, 1.165) is 39.2 Å². The van der Waals surface area contributed by atoms with Gasteiger partial charge in [0.15, 0.2) is 16.7 Å². The van der Waals surface area contributed by atoms with Crippen LogP contribution >= 0.6 is 27.7 Å². The molecule has 282 valence electrons. The molecule has 5 aromatic rings. The van der Waals surface area contributed by atoms with E-state index in [1.165, 1.54) is 11.0 Å². The average Bonchev–Trinajstić information content (AvgIpc) is 3.22. The maximum Gasteiger partial charge on any atom is 0.285 e. The number of hydrogen-bond acceptors (Lipinski definition) is 6. The first kappa shape index (κ1) is 39.7. The Labute approximate surface area is 339 Å². The van der Waals surface area contributed by atoms with Crippen molar-refractivity contribution in [2.45, 2.75) is 26.5 Å². The number of benzene rings is 5. The van der Waals surface area contributed by atoms with Gasteiger partial charge in [0, 0.05) is 10.2 Å². The van der Waals surface area contributed by atoms with E-state index in [2.05, 4.69) is 57.1 Å². The fourth-order valence-corrected chi connectivity index (χ4v) is 7.33. The molecule has 3 amide bonds. The summed E-state index contributed by atoms with van der Waals surface area (Å²) in [7, 11) is 0. The lowest BCUT2D eigenvalue weighted by atomic mass is 9.99. The minimum absolute atomic E-state index is 0.0802. The number of aliphatic imine (C=N–C) groups is 1. The topological polar surface area (TPSA) is 97.3 Å². The smallest absolute Gasteiger partial charge is 0.285 e. The monoisotopic (exact) mass is 825 g/mol. The summed E-state index contributed by atoms with van der Waals surface area (Å²) < 4.78 is 12.8. The van der Waals surface area contributed by atoms with E-state index in [0.29, 0.717) is 40.4 Å². The molecular weight excluding hydrogens is 786 g/mol. The Morgan fingerprint density at radius 3 is 2.21 bits per heavy atom. The fraction of sp³-hybridized carbons (Fsp3) is 0.130. The molecule has 0 aliphatic carbocycles. The lowest BCUT2D eigenvalue weighted by Gasteiger charge is -2.28. The molecule has 0 saturated heterocycles. The van der Waals surface area contributed by atoms with Gasteiger partial charge in [0.2, 0.25) is 5.91 Å². The zero-order chi connectivity index (χ0) is 39.4. The summed E-state index contributed by atoms with van der Waals surface area (Å²) in [5, 5.41) is 5.45. The van der Waals surface area contributed by atoms with Gasteiger partial charge in [0.25, 0.3) is 11.8 Å². The molecule has 0 radical (unpaired) electrons. The van der Waals surface area contributed by atoms with Gasteiger partial charge in [-0.05, 0) is 77.2 Å². The van der Waals surface area contributed by atoms with Crippen LogP contribution in [0.15, 0.2) is 167 Å². The van der Waals surface area contributed by atoms with Crippen molar-refractivity contribution < 1.29 is 23.9 Å². The van der Waals surface area contributed by atoms with Gasteiger partial charge in [-0.25, -0.2) is 0 Å². The Morgan fingerprint density at radius 1 is 0.893 bits per heavy atom. The summed E-state index contributed by atoms with van der Waals surface area (Å²) in [5.41, 5.74) is 3.65. The number of nitrogens with one attached hydrogen (secondary N) is 1. The van der Waals surface area contributed by atoms with Gasteiger partial charge in [0.1, 0.15) is 12.2 Å². The first-order chi connectivity index (χ1) is 27.3. The SMILES string of the molecule is C=C/C=C\C(=C/C)N1C(=O)/C(=C/c2cc(OCC)c(OCc3ccc4ccccc4c3)cc2Br)C(=O)N=C1SCC(=O)NC(c1ccccc1)c1ccccc1. The third kappa shape index (κ3) is 9.63. The third-order valence-corrected chi connectivity index (χ3v) is 10.4. The number of allylic oxidation sites excluding steroid dienone is 4. The van der Waals surface area contributed by atoms with Crippen LogP contribution < -0.4 is 14.8 Å². The van der Waals surface area contributed by atoms with Crippen LogP contribution in [0.1, 0.15) is 42.1 Å². The van der Waals surface area contributed by atoms with Crippen LogP contribution in [-0.4, -0.2) is 40.1 Å². The number of nitrogens with zero attached hydrogens (tertiary/aromatic N) is 2. The summed E-state index contributed by atoms with van der Waals surface area (Å²) in [4.78, 5) is 47.2. The van der Waals surface area contributed by atoms with Crippen LogP contribution in [0.3, 0.4) is 0 Å². The van der Waals surface area contributed by atoms with Gasteiger partial charge >= 0.3 is 0 Å². The Kier molecular flexibility index (Phi) is 13.5. The van der Waals surface area contributed by atoms with Crippen molar-refractivity contribution in [3.8, 4) is 11.5 Å². The highest BCUT2D eigenvalue weighted by Crippen LogP contribution is 2.37. The number of rotatable bonds is 14. The van der Waals surface area contributed by atoms with Crippen molar-refractivity contribution in [1.29, 1.82) is 0 Å². The van der Waals surface area contributed by atoms with E-state index < -0.39 is 17.9 Å². The van der Waals surface area contributed by atoms with E-state index >= 15 is 0 Å². The molecular formula is C46H40BrN3O5S. The number of carbonyl (C=O) groups is 3. The van der Waals surface area contributed by atoms with Crippen LogP contribution in [0.2, 0.25) is 0 Å². The molecule has 8 nitrogen and oxygen atoms in total. The number of amides is 3. The number of thioether (sulfide) groups is 1. The van der Waals surface area contributed by atoms with Crippen molar-refractivity contribution in [3.05, 3.63) is 184 Å². The highest BCUT2D eigenvalue weighted by molar-refractivity contribution is 9.10. The lowest BCUT2D eigenvalue weighted by molar-refractivity contribution is -0.126. The maximum absolute atomic E-state index is 14.3. The lowest BCUT2D eigenvalue weighted by Crippen LogP contribution is -2.42. The van der Waals surface area contributed by atoms with Crippen LogP contribution in [0.25, 0.3) is 16.8 Å². The van der Waals surface area contributed by atoms with Crippen LogP contribution in [-0.2, 0) is 21.0 Å². The quantitative estimate of drug-likeness (QED) is 0.0681. The number of hydrogen-bond donors (Lipinski definition) is 1. The molecule has 1 N–H and O–H groups in total. The van der Waals surface area contributed by atoms with Gasteiger partial charge in [0.05, 0.1) is 18.4 Å². The van der Waals surface area contributed by atoms with Gasteiger partial charge < -0.3 is 14.8 Å². The second-order valence-corrected chi connectivity index (χ2v) is 14.3. The zero-order valence-corrected chi connectivity index (χ0v) is 33.4. The van der Waals surface area contributed by atoms with E-state index in [4.69, 9.17) is 9.47 Å². The summed E-state index contributed by atoms with van der Waals surface area (Å²) in [6, 6.07) is 36.7. The molecule has 5 aromatic carbocycles. The van der Waals surface area contributed by atoms with Crippen molar-refractivity contribution in [1.82, 2.24) is 10.2 Å². The zero-order valence-electron chi connectivity index (χ0n) is 31.0. The van der Waals surface area contributed by atoms with Crippen molar-refractivity contribution in [2.24, 2.45) is 4.99 Å². The summed E-state index contributed by atoms with van der Waals surface area (Å²) in [6.07, 6.45) is 8.18. The summed E-state index contributed by atoms with van der Waals surface area (Å²) in [6.45, 7) is 8.07. The number of carbonyl (C=O) groups excluding carboxylic acids is 3. The predicted octanol–water partition coefficient (Wildman–Crippen LogP) is 9.97. The van der Waals surface area contributed by atoms with E-state index in [1.807, 2.05) is 85.8 Å². The second kappa shape index (κ2) is 19.1. The molecule has 0 unspecified atom stereocenters. The summed E-state index contributed by atoms with van der Waals surface area (Å²) >= 11 is 4.63. The number of amidine groups is 1. The largest absolute Gasteiger partial charge is 0.490 e. The molecule has 0 saturated carbocycles. The van der Waals surface area contributed by atoms with Crippen LogP contribution in [0.5, 0.6) is 11.5 Å². The molecule has 1 aliphatic heterocycles. The van der Waals surface area contributed by atoms with Crippen molar-refractivity contribution in [2.75, 3.05) is 12.4 Å². The minimum atomic E-state index is -0.731. The molecule has 0 spiro atoms. The minimum Gasteiger partial charge on any atom is -0.490 e. The first-order valence-corrected chi connectivity index (χ1v) is 19.8. The standard InChI is InChI=1S/C46H40BrN3O5S/c1-4-7-22-37(5-2)50-45(53)38(44(52)49-46(50)56-30-42(51)48-43(33-17-10-8-11-18-33)34-19-12-9-13-20-34)26-36-27-40(54-6-3)41(28-39(36)47)55-29-31-23-24-32-16-14-15-21-35(32)25-31/h4-5,7-28,43H,1,6,29-30H2,2-3H3,(H,48,51)/b22-7-,37-5+,38-26+. The number of fused-ring (bicyclic) bond motifs is 1. The number of halogens is 1. The van der Waals surface area contributed by atoms with Crippen LogP contribution in [0, 0.1) is 0 Å². The van der Waals surface area contributed by atoms with E-state index in [-0.39, 0.29) is 22.4 Å². The maximum atomic E-state index is 14.3. The third-order valence-electron chi connectivity index (χ3n) is 8.78. The second-order valence-electron chi connectivity index (χ2n) is 12.5. The molecule has 10 heteroatoms. The average molecular weight is 827 g/mol. The van der Waals surface area contributed by atoms with E-state index in [9.17, 15) is 14.4 Å². The molecule has 0 fully saturated rings. The van der Waals surface area contributed by atoms with Gasteiger partial charge in [-0.3, -0.25) is 19.3 Å². The first-order valence-electron chi connectivity index (χ1n) is 18.0.